The summed E-state index contributed by atoms with van der Waals surface area (Å²) in [6.07, 6.45) is 9.97. The first kappa shape index (κ1) is 16.5. The van der Waals surface area contributed by atoms with Crippen LogP contribution in [0.25, 0.3) is 0 Å². The largest absolute Gasteiger partial charge is 0.466 e. The Hall–Kier alpha value is -0.530. The SMILES string of the molecule is CCCCCC(=O)OCCCCCCC(C)C. The number of hydrogen-bond acceptors (Lipinski definition) is 2. The second kappa shape index (κ2) is 11.9. The number of esters is 1. The van der Waals surface area contributed by atoms with Crippen molar-refractivity contribution in [2.24, 2.45) is 5.92 Å². The highest BCUT2D eigenvalue weighted by Gasteiger charge is 2.01. The van der Waals surface area contributed by atoms with Crippen molar-refractivity contribution >= 4 is 5.97 Å². The average molecular weight is 242 g/mol. The van der Waals surface area contributed by atoms with Gasteiger partial charge in [-0.05, 0) is 18.8 Å². The molecule has 0 radical (unpaired) electrons. The lowest BCUT2D eigenvalue weighted by Crippen LogP contribution is -2.05. The minimum atomic E-state index is -0.0133. The van der Waals surface area contributed by atoms with E-state index in [1.165, 1.54) is 25.7 Å². The Morgan fingerprint density at radius 3 is 2.35 bits per heavy atom. The summed E-state index contributed by atoms with van der Waals surface area (Å²) in [4.78, 5) is 11.3. The van der Waals surface area contributed by atoms with Gasteiger partial charge < -0.3 is 4.74 Å². The van der Waals surface area contributed by atoms with E-state index in [4.69, 9.17) is 4.74 Å². The Morgan fingerprint density at radius 1 is 1.00 bits per heavy atom. The Balaban J connectivity index is 3.14. The summed E-state index contributed by atoms with van der Waals surface area (Å²) in [5.74, 6) is 0.798. The molecule has 0 spiro atoms. The van der Waals surface area contributed by atoms with Gasteiger partial charge in [0.15, 0.2) is 0 Å². The maximum Gasteiger partial charge on any atom is 0.305 e. The van der Waals surface area contributed by atoms with E-state index in [9.17, 15) is 4.79 Å². The van der Waals surface area contributed by atoms with E-state index >= 15 is 0 Å². The van der Waals surface area contributed by atoms with Crippen LogP contribution in [0.1, 0.15) is 78.6 Å². The summed E-state index contributed by atoms with van der Waals surface area (Å²) in [5.41, 5.74) is 0. The van der Waals surface area contributed by atoms with Gasteiger partial charge in [0.1, 0.15) is 0 Å². The number of hydrogen-bond donors (Lipinski definition) is 0. The van der Waals surface area contributed by atoms with Crippen LogP contribution in [-0.2, 0) is 9.53 Å². The highest BCUT2D eigenvalue weighted by Crippen LogP contribution is 2.09. The first-order valence-corrected chi connectivity index (χ1v) is 7.32. The smallest absolute Gasteiger partial charge is 0.305 e. The van der Waals surface area contributed by atoms with E-state index in [0.717, 1.165) is 31.6 Å². The molecule has 0 aromatic carbocycles. The molecule has 0 bridgehead atoms. The van der Waals surface area contributed by atoms with Crippen molar-refractivity contribution in [2.75, 3.05) is 6.61 Å². The topological polar surface area (TPSA) is 26.3 Å². The minimum Gasteiger partial charge on any atom is -0.466 e. The standard InChI is InChI=1S/C15H30O2/c1-4-5-8-12-15(16)17-13-10-7-6-9-11-14(2)3/h14H,4-13H2,1-3H3. The van der Waals surface area contributed by atoms with Crippen LogP contribution >= 0.6 is 0 Å². The molecule has 2 nitrogen and oxygen atoms in total. The molecule has 0 N–H and O–H groups in total. The van der Waals surface area contributed by atoms with Crippen molar-refractivity contribution < 1.29 is 9.53 Å². The van der Waals surface area contributed by atoms with E-state index in [1.54, 1.807) is 0 Å². The van der Waals surface area contributed by atoms with Crippen LogP contribution < -0.4 is 0 Å². The van der Waals surface area contributed by atoms with Gasteiger partial charge in [0.25, 0.3) is 0 Å². The lowest BCUT2D eigenvalue weighted by Gasteiger charge is -2.05. The number of rotatable bonds is 11. The number of carbonyl (C=O) groups is 1. The molecule has 0 aromatic heterocycles. The third-order valence-corrected chi connectivity index (χ3v) is 2.92. The summed E-state index contributed by atoms with van der Waals surface area (Å²) in [7, 11) is 0. The maximum absolute atomic E-state index is 11.3. The molecule has 0 saturated carbocycles. The highest BCUT2D eigenvalue weighted by atomic mass is 16.5. The predicted octanol–water partition coefficient (Wildman–Crippen LogP) is 4.72. The molecule has 0 aliphatic heterocycles. The predicted molar refractivity (Wildman–Crippen MR) is 73.0 cm³/mol. The van der Waals surface area contributed by atoms with Crippen LogP contribution in [0.15, 0.2) is 0 Å². The van der Waals surface area contributed by atoms with Crippen LogP contribution in [0, 0.1) is 5.92 Å². The minimum absolute atomic E-state index is 0.0133. The maximum atomic E-state index is 11.3. The lowest BCUT2D eigenvalue weighted by atomic mass is 10.0. The Bertz CT molecular complexity index is 176. The molecule has 0 saturated heterocycles. The van der Waals surface area contributed by atoms with Crippen LogP contribution in [0.5, 0.6) is 0 Å². The first-order chi connectivity index (χ1) is 8.16. The van der Waals surface area contributed by atoms with Gasteiger partial charge in [-0.2, -0.15) is 0 Å². The Morgan fingerprint density at radius 2 is 1.71 bits per heavy atom. The molecule has 0 amide bonds. The summed E-state index contributed by atoms with van der Waals surface area (Å²) < 4.78 is 5.18. The third kappa shape index (κ3) is 13.4. The Kier molecular flexibility index (Phi) is 11.6. The third-order valence-electron chi connectivity index (χ3n) is 2.92. The normalized spacial score (nSPS) is 10.8. The van der Waals surface area contributed by atoms with E-state index < -0.39 is 0 Å². The van der Waals surface area contributed by atoms with Crippen molar-refractivity contribution in [1.29, 1.82) is 0 Å². The molecule has 0 fully saturated rings. The molecule has 102 valence electrons. The van der Waals surface area contributed by atoms with Gasteiger partial charge in [-0.3, -0.25) is 4.79 Å². The van der Waals surface area contributed by atoms with Crippen molar-refractivity contribution in [2.45, 2.75) is 78.6 Å². The summed E-state index contributed by atoms with van der Waals surface area (Å²) in [5, 5.41) is 0. The van der Waals surface area contributed by atoms with Gasteiger partial charge in [0.2, 0.25) is 0 Å². The van der Waals surface area contributed by atoms with Crippen LogP contribution in [0.2, 0.25) is 0 Å². The fourth-order valence-corrected chi connectivity index (χ4v) is 1.79. The molecule has 0 aromatic rings. The summed E-state index contributed by atoms with van der Waals surface area (Å²) in [6.45, 7) is 7.28. The fraction of sp³-hybridized carbons (Fsp3) is 0.933. The van der Waals surface area contributed by atoms with Gasteiger partial charge in [-0.15, -0.1) is 0 Å². The molecule has 0 aliphatic carbocycles. The molecule has 0 atom stereocenters. The van der Waals surface area contributed by atoms with Crippen molar-refractivity contribution in [1.82, 2.24) is 0 Å². The van der Waals surface area contributed by atoms with Crippen molar-refractivity contribution in [3.05, 3.63) is 0 Å². The summed E-state index contributed by atoms with van der Waals surface area (Å²) in [6, 6.07) is 0. The second-order valence-electron chi connectivity index (χ2n) is 5.27. The monoisotopic (exact) mass is 242 g/mol. The Labute approximate surface area is 107 Å². The zero-order valence-electron chi connectivity index (χ0n) is 12.0. The molecule has 17 heavy (non-hydrogen) atoms. The number of ether oxygens (including phenoxy) is 1. The molecule has 0 aliphatic rings. The molecule has 2 heteroatoms. The fourth-order valence-electron chi connectivity index (χ4n) is 1.79. The van der Waals surface area contributed by atoms with Gasteiger partial charge in [0.05, 0.1) is 6.61 Å². The number of carbonyl (C=O) groups excluding carboxylic acids is 1. The molecule has 0 rings (SSSR count). The highest BCUT2D eigenvalue weighted by molar-refractivity contribution is 5.69. The van der Waals surface area contributed by atoms with Crippen molar-refractivity contribution in [3.63, 3.8) is 0 Å². The molecular weight excluding hydrogens is 212 g/mol. The molecule has 0 heterocycles. The zero-order chi connectivity index (χ0) is 12.9. The number of unbranched alkanes of at least 4 members (excludes halogenated alkanes) is 5. The lowest BCUT2D eigenvalue weighted by molar-refractivity contribution is -0.143. The van der Waals surface area contributed by atoms with Crippen molar-refractivity contribution in [3.8, 4) is 0 Å². The van der Waals surface area contributed by atoms with Gasteiger partial charge in [-0.25, -0.2) is 0 Å². The quantitative estimate of drug-likeness (QED) is 0.387. The van der Waals surface area contributed by atoms with Crippen LogP contribution in [0.3, 0.4) is 0 Å². The van der Waals surface area contributed by atoms with Gasteiger partial charge in [-0.1, -0.05) is 59.3 Å². The summed E-state index contributed by atoms with van der Waals surface area (Å²) >= 11 is 0. The van der Waals surface area contributed by atoms with E-state index in [1.807, 2.05) is 0 Å². The van der Waals surface area contributed by atoms with Crippen LogP contribution in [0.4, 0.5) is 0 Å². The second-order valence-corrected chi connectivity index (χ2v) is 5.27. The van der Waals surface area contributed by atoms with Gasteiger partial charge >= 0.3 is 5.97 Å². The first-order valence-electron chi connectivity index (χ1n) is 7.32. The van der Waals surface area contributed by atoms with E-state index in [0.29, 0.717) is 13.0 Å². The van der Waals surface area contributed by atoms with Crippen LogP contribution in [-0.4, -0.2) is 12.6 Å². The average Bonchev–Trinajstić information content (AvgIpc) is 2.28. The molecule has 0 unspecified atom stereocenters. The van der Waals surface area contributed by atoms with E-state index in [2.05, 4.69) is 20.8 Å². The van der Waals surface area contributed by atoms with Gasteiger partial charge in [0, 0.05) is 6.42 Å². The molecular formula is C15H30O2. The van der Waals surface area contributed by atoms with E-state index in [-0.39, 0.29) is 5.97 Å². The zero-order valence-corrected chi connectivity index (χ0v) is 12.0.